The van der Waals surface area contributed by atoms with E-state index in [1.54, 1.807) is 19.4 Å². The molecule has 0 aliphatic heterocycles. The van der Waals surface area contributed by atoms with Crippen molar-refractivity contribution in [3.05, 3.63) is 42.1 Å². The molecule has 2 aromatic rings. The van der Waals surface area contributed by atoms with E-state index in [1.165, 1.54) is 0 Å². The molecule has 0 fully saturated rings. The Kier molecular flexibility index (Phi) is 4.02. The van der Waals surface area contributed by atoms with Gasteiger partial charge in [-0.25, -0.2) is 0 Å². The van der Waals surface area contributed by atoms with Crippen LogP contribution in [0.3, 0.4) is 0 Å². The second-order valence-corrected chi connectivity index (χ2v) is 4.13. The molecule has 4 nitrogen and oxygen atoms in total. The fourth-order valence-corrected chi connectivity index (χ4v) is 1.89. The zero-order chi connectivity index (χ0) is 13.0. The molecule has 94 valence electrons. The Bertz CT molecular complexity index is 549. The number of ketones is 1. The first-order valence-electron chi connectivity index (χ1n) is 5.86. The quantitative estimate of drug-likeness (QED) is 0.814. The van der Waals surface area contributed by atoms with Crippen molar-refractivity contribution in [3.8, 4) is 0 Å². The number of pyridine rings is 1. The highest BCUT2D eigenvalue weighted by atomic mass is 16.5. The van der Waals surface area contributed by atoms with Gasteiger partial charge in [0.2, 0.25) is 0 Å². The molecule has 1 unspecified atom stereocenters. The Morgan fingerprint density at radius 3 is 3.00 bits per heavy atom. The van der Waals surface area contributed by atoms with Crippen molar-refractivity contribution < 1.29 is 9.53 Å². The van der Waals surface area contributed by atoms with Gasteiger partial charge in [-0.3, -0.25) is 9.78 Å². The highest BCUT2D eigenvalue weighted by Gasteiger charge is 2.17. The second kappa shape index (κ2) is 5.71. The molecular weight excluding hydrogens is 228 g/mol. The van der Waals surface area contributed by atoms with Crippen LogP contribution in [0.25, 0.3) is 10.9 Å². The summed E-state index contributed by atoms with van der Waals surface area (Å²) in [7, 11) is 1.60. The maximum absolute atomic E-state index is 12.3. The lowest BCUT2D eigenvalue weighted by Crippen LogP contribution is -2.31. The fraction of sp³-hybridized carbons (Fsp3) is 0.286. The summed E-state index contributed by atoms with van der Waals surface area (Å²) in [5, 5.41) is 0.845. The van der Waals surface area contributed by atoms with Gasteiger partial charge in [0, 0.05) is 30.9 Å². The molecule has 4 heteroatoms. The van der Waals surface area contributed by atoms with Gasteiger partial charge in [-0.05, 0) is 18.6 Å². The van der Waals surface area contributed by atoms with E-state index in [4.69, 9.17) is 10.5 Å². The average molecular weight is 244 g/mol. The minimum atomic E-state index is -0.532. The summed E-state index contributed by atoms with van der Waals surface area (Å²) in [6.45, 7) is 0.482. The summed E-state index contributed by atoms with van der Waals surface area (Å²) in [4.78, 5) is 16.5. The van der Waals surface area contributed by atoms with Crippen LogP contribution < -0.4 is 5.73 Å². The Balaban J connectivity index is 2.33. The van der Waals surface area contributed by atoms with E-state index in [9.17, 15) is 4.79 Å². The number of hydrogen-bond acceptors (Lipinski definition) is 4. The highest BCUT2D eigenvalue weighted by Crippen LogP contribution is 2.18. The second-order valence-electron chi connectivity index (χ2n) is 4.13. The van der Waals surface area contributed by atoms with Gasteiger partial charge < -0.3 is 10.5 Å². The van der Waals surface area contributed by atoms with Crippen LogP contribution in [-0.2, 0) is 4.74 Å². The van der Waals surface area contributed by atoms with Crippen LogP contribution in [0.1, 0.15) is 16.8 Å². The SMILES string of the molecule is COCCC(N)C(=O)c1cccc2ncccc12. The molecule has 0 bridgehead atoms. The van der Waals surface area contributed by atoms with Crippen molar-refractivity contribution in [1.29, 1.82) is 0 Å². The first-order valence-corrected chi connectivity index (χ1v) is 5.86. The van der Waals surface area contributed by atoms with Gasteiger partial charge in [0.1, 0.15) is 0 Å². The van der Waals surface area contributed by atoms with Crippen molar-refractivity contribution in [2.24, 2.45) is 5.73 Å². The van der Waals surface area contributed by atoms with Crippen LogP contribution in [0.15, 0.2) is 36.5 Å². The number of nitrogens with two attached hydrogens (primary N) is 1. The summed E-state index contributed by atoms with van der Waals surface area (Å²) >= 11 is 0. The summed E-state index contributed by atoms with van der Waals surface area (Å²) in [6.07, 6.45) is 2.23. The van der Waals surface area contributed by atoms with Crippen molar-refractivity contribution >= 4 is 16.7 Å². The Morgan fingerprint density at radius 2 is 2.22 bits per heavy atom. The zero-order valence-corrected chi connectivity index (χ0v) is 10.3. The number of fused-ring (bicyclic) bond motifs is 1. The standard InChI is InChI=1S/C14H16N2O2/c1-18-9-7-12(15)14(17)11-4-2-6-13-10(11)5-3-8-16-13/h2-6,8,12H,7,9,15H2,1H3. The van der Waals surface area contributed by atoms with Gasteiger partial charge in [-0.2, -0.15) is 0 Å². The minimum Gasteiger partial charge on any atom is -0.385 e. The number of methoxy groups -OCH3 is 1. The number of ether oxygens (including phenoxy) is 1. The number of Topliss-reactive ketones (excluding diaryl/α,β-unsaturated/α-hetero) is 1. The van der Waals surface area contributed by atoms with Crippen molar-refractivity contribution in [2.75, 3.05) is 13.7 Å². The third-order valence-electron chi connectivity index (χ3n) is 2.88. The van der Waals surface area contributed by atoms with E-state index in [0.29, 0.717) is 18.6 Å². The number of carbonyl (C=O) groups excluding carboxylic acids is 1. The molecule has 2 rings (SSSR count). The third-order valence-corrected chi connectivity index (χ3v) is 2.88. The predicted molar refractivity (Wildman–Crippen MR) is 70.5 cm³/mol. The maximum atomic E-state index is 12.3. The normalized spacial score (nSPS) is 12.6. The smallest absolute Gasteiger partial charge is 0.180 e. The van der Waals surface area contributed by atoms with Crippen LogP contribution in [0.4, 0.5) is 0 Å². The zero-order valence-electron chi connectivity index (χ0n) is 10.3. The largest absolute Gasteiger partial charge is 0.385 e. The number of benzene rings is 1. The van der Waals surface area contributed by atoms with E-state index in [2.05, 4.69) is 4.98 Å². The molecule has 0 saturated heterocycles. The lowest BCUT2D eigenvalue weighted by Gasteiger charge is -2.11. The molecule has 0 aliphatic rings. The first kappa shape index (κ1) is 12.7. The molecule has 0 spiro atoms. The molecule has 1 aromatic carbocycles. The molecule has 1 aromatic heterocycles. The van der Waals surface area contributed by atoms with E-state index in [0.717, 1.165) is 10.9 Å². The van der Waals surface area contributed by atoms with Gasteiger partial charge in [0.05, 0.1) is 11.6 Å². The van der Waals surface area contributed by atoms with E-state index >= 15 is 0 Å². The van der Waals surface area contributed by atoms with Crippen LogP contribution in [0.2, 0.25) is 0 Å². The van der Waals surface area contributed by atoms with Gasteiger partial charge in [-0.1, -0.05) is 18.2 Å². The Hall–Kier alpha value is -1.78. The lowest BCUT2D eigenvalue weighted by molar-refractivity contribution is 0.0937. The third kappa shape index (κ3) is 2.55. The van der Waals surface area contributed by atoms with Crippen LogP contribution in [-0.4, -0.2) is 30.5 Å². The summed E-state index contributed by atoms with van der Waals surface area (Å²) in [6, 6.07) is 8.67. The molecule has 0 radical (unpaired) electrons. The molecule has 2 N–H and O–H groups in total. The fourth-order valence-electron chi connectivity index (χ4n) is 1.89. The van der Waals surface area contributed by atoms with E-state index in [-0.39, 0.29) is 5.78 Å². The van der Waals surface area contributed by atoms with Crippen LogP contribution in [0, 0.1) is 0 Å². The first-order chi connectivity index (χ1) is 8.74. The number of carbonyl (C=O) groups is 1. The molecular formula is C14H16N2O2. The molecule has 0 aliphatic carbocycles. The predicted octanol–water partition coefficient (Wildman–Crippen LogP) is 1.78. The van der Waals surface area contributed by atoms with E-state index in [1.807, 2.05) is 24.3 Å². The topological polar surface area (TPSA) is 65.2 Å². The van der Waals surface area contributed by atoms with Gasteiger partial charge in [-0.15, -0.1) is 0 Å². The summed E-state index contributed by atoms with van der Waals surface area (Å²) < 4.78 is 4.94. The van der Waals surface area contributed by atoms with Crippen LogP contribution in [0.5, 0.6) is 0 Å². The van der Waals surface area contributed by atoms with Gasteiger partial charge in [0.25, 0.3) is 0 Å². The summed E-state index contributed by atoms with van der Waals surface area (Å²) in [5.41, 5.74) is 7.31. The Labute approximate surface area is 106 Å². The maximum Gasteiger partial charge on any atom is 0.180 e. The summed E-state index contributed by atoms with van der Waals surface area (Å²) in [5.74, 6) is -0.0642. The molecule has 18 heavy (non-hydrogen) atoms. The molecule has 1 atom stereocenters. The number of hydrogen-bond donors (Lipinski definition) is 1. The minimum absolute atomic E-state index is 0.0642. The van der Waals surface area contributed by atoms with Crippen molar-refractivity contribution in [3.63, 3.8) is 0 Å². The van der Waals surface area contributed by atoms with Gasteiger partial charge in [0.15, 0.2) is 5.78 Å². The molecule has 1 heterocycles. The lowest BCUT2D eigenvalue weighted by atomic mass is 9.98. The monoisotopic (exact) mass is 244 g/mol. The number of nitrogens with zero attached hydrogens (tertiary/aromatic N) is 1. The number of aromatic nitrogens is 1. The highest BCUT2D eigenvalue weighted by molar-refractivity contribution is 6.09. The van der Waals surface area contributed by atoms with Gasteiger partial charge >= 0.3 is 0 Å². The number of rotatable bonds is 5. The Morgan fingerprint density at radius 1 is 1.39 bits per heavy atom. The van der Waals surface area contributed by atoms with Crippen LogP contribution >= 0.6 is 0 Å². The molecule has 0 amide bonds. The van der Waals surface area contributed by atoms with Crippen molar-refractivity contribution in [2.45, 2.75) is 12.5 Å². The van der Waals surface area contributed by atoms with E-state index < -0.39 is 6.04 Å². The average Bonchev–Trinajstić information content (AvgIpc) is 2.43. The molecule has 0 saturated carbocycles. The van der Waals surface area contributed by atoms with Crippen molar-refractivity contribution in [1.82, 2.24) is 4.98 Å².